The zero-order valence-corrected chi connectivity index (χ0v) is 12.5. The Bertz CT molecular complexity index is 610. The van der Waals surface area contributed by atoms with Crippen molar-refractivity contribution >= 4 is 5.82 Å². The van der Waals surface area contributed by atoms with Crippen LogP contribution in [0.1, 0.15) is 11.3 Å². The van der Waals surface area contributed by atoms with Crippen molar-refractivity contribution in [3.8, 4) is 5.88 Å². The number of anilines is 1. The number of fused-ring (bicyclic) bond motifs is 1. The number of aromatic nitrogens is 3. The summed E-state index contributed by atoms with van der Waals surface area (Å²) < 4.78 is 7.19. The molecule has 21 heavy (non-hydrogen) atoms. The Labute approximate surface area is 124 Å². The fourth-order valence-electron chi connectivity index (χ4n) is 2.61. The largest absolute Gasteiger partial charge is 0.481 e. The first kappa shape index (κ1) is 13.9. The van der Waals surface area contributed by atoms with E-state index in [1.54, 1.807) is 13.3 Å². The topological polar surface area (TPSA) is 64.0 Å². The van der Waals surface area contributed by atoms with Crippen molar-refractivity contribution in [1.82, 2.24) is 20.1 Å². The maximum Gasteiger partial charge on any atom is 0.213 e. The van der Waals surface area contributed by atoms with Gasteiger partial charge in [-0.2, -0.15) is 5.10 Å². The summed E-state index contributed by atoms with van der Waals surface area (Å²) in [5.41, 5.74) is 2.25. The number of nitrogens with one attached hydrogen (secondary N) is 2. The first-order valence-corrected chi connectivity index (χ1v) is 7.22. The zero-order chi connectivity index (χ0) is 14.7. The second-order valence-electron chi connectivity index (χ2n) is 5.44. The molecule has 1 atom stereocenters. The normalized spacial score (nSPS) is 17.1. The van der Waals surface area contributed by atoms with E-state index in [0.29, 0.717) is 11.8 Å². The van der Waals surface area contributed by atoms with Crippen molar-refractivity contribution in [3.05, 3.63) is 35.7 Å². The molecule has 2 aromatic rings. The third-order valence-electron chi connectivity index (χ3n) is 3.68. The van der Waals surface area contributed by atoms with Crippen molar-refractivity contribution in [3.63, 3.8) is 0 Å². The minimum atomic E-state index is 0.542. The summed E-state index contributed by atoms with van der Waals surface area (Å²) in [7, 11) is 1.64. The van der Waals surface area contributed by atoms with Crippen LogP contribution in [0.2, 0.25) is 0 Å². The molecule has 0 spiro atoms. The molecule has 3 heterocycles. The molecule has 6 nitrogen and oxygen atoms in total. The number of aryl methyl sites for hydroxylation is 1. The third-order valence-corrected chi connectivity index (χ3v) is 3.68. The van der Waals surface area contributed by atoms with Crippen molar-refractivity contribution < 1.29 is 4.74 Å². The van der Waals surface area contributed by atoms with Crippen LogP contribution in [-0.4, -0.2) is 35.0 Å². The Morgan fingerprint density at radius 3 is 3.24 bits per heavy atom. The molecule has 6 heteroatoms. The lowest BCUT2D eigenvalue weighted by Crippen LogP contribution is -2.35. The van der Waals surface area contributed by atoms with Crippen LogP contribution < -0.4 is 15.4 Å². The monoisotopic (exact) mass is 287 g/mol. The SMILES string of the molecule is COc1cc(CNCC2CNc3cc(C)nn3C2)ccn1. The molecule has 0 bridgehead atoms. The highest BCUT2D eigenvalue weighted by atomic mass is 16.5. The molecule has 0 aliphatic carbocycles. The van der Waals surface area contributed by atoms with Gasteiger partial charge in [0.25, 0.3) is 0 Å². The van der Waals surface area contributed by atoms with Gasteiger partial charge >= 0.3 is 0 Å². The van der Waals surface area contributed by atoms with Crippen LogP contribution in [0.4, 0.5) is 5.82 Å². The van der Waals surface area contributed by atoms with Crippen LogP contribution in [-0.2, 0) is 13.1 Å². The van der Waals surface area contributed by atoms with E-state index in [0.717, 1.165) is 37.7 Å². The van der Waals surface area contributed by atoms with Gasteiger partial charge in [-0.15, -0.1) is 0 Å². The van der Waals surface area contributed by atoms with E-state index in [9.17, 15) is 0 Å². The fraction of sp³-hybridized carbons (Fsp3) is 0.467. The predicted molar refractivity (Wildman–Crippen MR) is 81.4 cm³/mol. The average molecular weight is 287 g/mol. The van der Waals surface area contributed by atoms with Crippen LogP contribution >= 0.6 is 0 Å². The van der Waals surface area contributed by atoms with Crippen LogP contribution in [0.15, 0.2) is 24.4 Å². The summed E-state index contributed by atoms with van der Waals surface area (Å²) in [4.78, 5) is 4.11. The highest BCUT2D eigenvalue weighted by Crippen LogP contribution is 2.18. The summed E-state index contributed by atoms with van der Waals surface area (Å²) in [6, 6.07) is 6.05. The first-order chi connectivity index (χ1) is 10.2. The second kappa shape index (κ2) is 6.13. The van der Waals surface area contributed by atoms with Gasteiger partial charge in [-0.25, -0.2) is 9.67 Å². The van der Waals surface area contributed by atoms with E-state index in [1.807, 2.05) is 19.1 Å². The van der Waals surface area contributed by atoms with Gasteiger partial charge in [0.2, 0.25) is 5.88 Å². The van der Waals surface area contributed by atoms with E-state index in [2.05, 4.69) is 31.5 Å². The van der Waals surface area contributed by atoms with Crippen LogP contribution in [0.3, 0.4) is 0 Å². The van der Waals surface area contributed by atoms with Gasteiger partial charge in [0, 0.05) is 50.4 Å². The third kappa shape index (κ3) is 3.33. The molecule has 2 N–H and O–H groups in total. The number of pyridine rings is 1. The lowest BCUT2D eigenvalue weighted by Gasteiger charge is -2.25. The van der Waals surface area contributed by atoms with Gasteiger partial charge in [0.1, 0.15) is 5.82 Å². The first-order valence-electron chi connectivity index (χ1n) is 7.22. The van der Waals surface area contributed by atoms with Crippen molar-refractivity contribution in [2.24, 2.45) is 5.92 Å². The highest BCUT2D eigenvalue weighted by molar-refractivity contribution is 5.38. The van der Waals surface area contributed by atoms with E-state index in [1.165, 1.54) is 5.56 Å². The number of rotatable bonds is 5. The number of hydrogen-bond acceptors (Lipinski definition) is 5. The van der Waals surface area contributed by atoms with Crippen LogP contribution in [0, 0.1) is 12.8 Å². The Morgan fingerprint density at radius 2 is 2.38 bits per heavy atom. The molecule has 0 fully saturated rings. The average Bonchev–Trinajstić information content (AvgIpc) is 2.87. The van der Waals surface area contributed by atoms with Gasteiger partial charge in [-0.3, -0.25) is 0 Å². The van der Waals surface area contributed by atoms with Crippen LogP contribution in [0.5, 0.6) is 5.88 Å². The van der Waals surface area contributed by atoms with Gasteiger partial charge in [0.05, 0.1) is 12.8 Å². The molecule has 0 amide bonds. The molecule has 0 aromatic carbocycles. The molecule has 0 radical (unpaired) electrons. The molecule has 1 aliphatic rings. The standard InChI is InChI=1S/C15H21N5O/c1-11-5-14-18-9-13(10-20(14)19-11)8-16-7-12-3-4-17-15(6-12)21-2/h3-6,13,16,18H,7-10H2,1-2H3. The predicted octanol–water partition coefficient (Wildman–Crippen LogP) is 1.43. The van der Waals surface area contributed by atoms with Gasteiger partial charge in [0.15, 0.2) is 0 Å². The van der Waals surface area contributed by atoms with Gasteiger partial charge in [-0.05, 0) is 18.6 Å². The minimum absolute atomic E-state index is 0.542. The Hall–Kier alpha value is -2.08. The maximum absolute atomic E-state index is 5.13. The highest BCUT2D eigenvalue weighted by Gasteiger charge is 2.18. The number of nitrogens with zero attached hydrogens (tertiary/aromatic N) is 3. The second-order valence-corrected chi connectivity index (χ2v) is 5.44. The molecule has 2 aromatic heterocycles. The summed E-state index contributed by atoms with van der Waals surface area (Å²) in [6.45, 7) is 5.74. The molecule has 3 rings (SSSR count). The maximum atomic E-state index is 5.13. The number of hydrogen-bond donors (Lipinski definition) is 2. The molecule has 112 valence electrons. The summed E-state index contributed by atoms with van der Waals surface area (Å²) in [5, 5.41) is 11.4. The summed E-state index contributed by atoms with van der Waals surface area (Å²) >= 11 is 0. The number of ether oxygens (including phenoxy) is 1. The van der Waals surface area contributed by atoms with E-state index < -0.39 is 0 Å². The lowest BCUT2D eigenvalue weighted by molar-refractivity contribution is 0.388. The molecule has 0 saturated heterocycles. The van der Waals surface area contributed by atoms with Crippen molar-refractivity contribution in [2.45, 2.75) is 20.0 Å². The van der Waals surface area contributed by atoms with Crippen molar-refractivity contribution in [1.29, 1.82) is 0 Å². The molecule has 1 aliphatic heterocycles. The fourth-order valence-corrected chi connectivity index (χ4v) is 2.61. The molecular weight excluding hydrogens is 266 g/mol. The number of methoxy groups -OCH3 is 1. The van der Waals surface area contributed by atoms with E-state index in [-0.39, 0.29) is 0 Å². The summed E-state index contributed by atoms with van der Waals surface area (Å²) in [6.07, 6.45) is 1.77. The Morgan fingerprint density at radius 1 is 1.48 bits per heavy atom. The summed E-state index contributed by atoms with van der Waals surface area (Å²) in [5.74, 6) is 2.33. The quantitative estimate of drug-likeness (QED) is 0.871. The van der Waals surface area contributed by atoms with Crippen molar-refractivity contribution in [2.75, 3.05) is 25.5 Å². The molecular formula is C15H21N5O. The van der Waals surface area contributed by atoms with E-state index >= 15 is 0 Å². The zero-order valence-electron chi connectivity index (χ0n) is 12.5. The Kier molecular flexibility index (Phi) is 4.06. The smallest absolute Gasteiger partial charge is 0.213 e. The molecule has 1 unspecified atom stereocenters. The Balaban J connectivity index is 1.50. The minimum Gasteiger partial charge on any atom is -0.481 e. The van der Waals surface area contributed by atoms with Gasteiger partial charge < -0.3 is 15.4 Å². The lowest BCUT2D eigenvalue weighted by atomic mass is 10.1. The van der Waals surface area contributed by atoms with Crippen LogP contribution in [0.25, 0.3) is 0 Å². The molecule has 0 saturated carbocycles. The van der Waals surface area contributed by atoms with Gasteiger partial charge in [-0.1, -0.05) is 0 Å². The van der Waals surface area contributed by atoms with E-state index in [4.69, 9.17) is 4.74 Å².